The Morgan fingerprint density at radius 2 is 1.92 bits per heavy atom. The van der Waals surface area contributed by atoms with Gasteiger partial charge in [0.05, 0.1) is 6.61 Å². The van der Waals surface area contributed by atoms with Crippen LogP contribution in [-0.2, 0) is 4.74 Å². The predicted molar refractivity (Wildman–Crippen MR) is 83.8 cm³/mol. The number of nitrogen functional groups attached to an aromatic ring is 1. The molecule has 0 amide bonds. The molecule has 0 spiro atoms. The lowest BCUT2D eigenvalue weighted by Crippen LogP contribution is -2.33. The van der Waals surface area contributed by atoms with Crippen LogP contribution in [0.5, 0.6) is 0 Å². The number of nitrogens with zero attached hydrogens (tertiary/aromatic N) is 6. The summed E-state index contributed by atoms with van der Waals surface area (Å²) >= 11 is 0. The van der Waals surface area contributed by atoms with E-state index < -0.39 is 31.1 Å². The molecule has 25 heavy (non-hydrogen) atoms. The van der Waals surface area contributed by atoms with Crippen molar-refractivity contribution in [3.63, 3.8) is 0 Å². The molecule has 3 aromatic heterocycles. The molecule has 11 heteroatoms. The van der Waals surface area contributed by atoms with Crippen LogP contribution in [-0.4, -0.2) is 70.2 Å². The second-order valence-electron chi connectivity index (χ2n) is 5.60. The normalized spacial score (nSPS) is 26.4. The van der Waals surface area contributed by atoms with E-state index >= 15 is 0 Å². The van der Waals surface area contributed by atoms with Crippen molar-refractivity contribution in [3.8, 4) is 11.4 Å². The van der Waals surface area contributed by atoms with Crippen LogP contribution in [0, 0.1) is 0 Å². The molecule has 0 saturated carbocycles. The number of aliphatic hydroxyl groups excluding tert-OH is 3. The lowest BCUT2D eigenvalue weighted by atomic mass is 10.1. The summed E-state index contributed by atoms with van der Waals surface area (Å²) in [5, 5.41) is 37.2. The van der Waals surface area contributed by atoms with Gasteiger partial charge in [-0.2, -0.15) is 4.68 Å². The van der Waals surface area contributed by atoms with E-state index in [9.17, 15) is 15.3 Å². The van der Waals surface area contributed by atoms with Crippen LogP contribution < -0.4 is 5.73 Å². The smallest absolute Gasteiger partial charge is 0.187 e. The molecule has 4 atom stereocenters. The summed E-state index contributed by atoms with van der Waals surface area (Å²) in [6.07, 6.45) is -1.35. The maximum atomic E-state index is 10.2. The number of fused-ring (bicyclic) bond motifs is 1. The average molecular weight is 345 g/mol. The summed E-state index contributed by atoms with van der Waals surface area (Å²) in [5.41, 5.74) is 7.13. The number of hydrogen-bond acceptors (Lipinski definition) is 10. The second kappa shape index (κ2) is 5.97. The number of aromatic nitrogens is 6. The third-order valence-corrected chi connectivity index (χ3v) is 4.05. The lowest BCUT2D eigenvalue weighted by Gasteiger charge is -2.14. The molecule has 0 aromatic carbocycles. The molecule has 1 aliphatic heterocycles. The highest BCUT2D eigenvalue weighted by Gasteiger charge is 2.44. The van der Waals surface area contributed by atoms with E-state index in [1.165, 1.54) is 4.68 Å². The summed E-state index contributed by atoms with van der Waals surface area (Å²) < 4.78 is 6.70. The molecule has 0 bridgehead atoms. The summed E-state index contributed by atoms with van der Waals surface area (Å²) in [6, 6.07) is 3.45. The zero-order valence-corrected chi connectivity index (χ0v) is 12.8. The standard InChI is InChI=1S/C14H15N7O4/c15-11-8-13(18-12(17-11)6-1-3-16-4-2-6)21(20-19-8)14-10(24)9(23)7(5-22)25-14/h1-4,7,9-10,14,22-24H,5H2,(H2,15,17,18)/t7-,9-,10-,14-/m1/s1. The summed E-state index contributed by atoms with van der Waals surface area (Å²) in [6.45, 7) is -0.444. The number of aliphatic hydroxyl groups is 3. The van der Waals surface area contributed by atoms with Crippen molar-refractivity contribution in [2.45, 2.75) is 24.5 Å². The Balaban J connectivity index is 1.82. The summed E-state index contributed by atoms with van der Waals surface area (Å²) in [7, 11) is 0. The van der Waals surface area contributed by atoms with Crippen molar-refractivity contribution >= 4 is 17.0 Å². The van der Waals surface area contributed by atoms with Crippen molar-refractivity contribution < 1.29 is 20.1 Å². The van der Waals surface area contributed by atoms with Gasteiger partial charge in [-0.3, -0.25) is 4.98 Å². The van der Waals surface area contributed by atoms with Gasteiger partial charge in [0, 0.05) is 18.0 Å². The van der Waals surface area contributed by atoms with Crippen LogP contribution in [0.1, 0.15) is 6.23 Å². The molecule has 1 fully saturated rings. The van der Waals surface area contributed by atoms with E-state index in [4.69, 9.17) is 10.5 Å². The molecule has 4 rings (SSSR count). The van der Waals surface area contributed by atoms with Crippen molar-refractivity contribution in [2.75, 3.05) is 12.3 Å². The molecule has 0 radical (unpaired) electrons. The number of anilines is 1. The maximum Gasteiger partial charge on any atom is 0.187 e. The number of nitrogens with two attached hydrogens (primary N) is 1. The van der Waals surface area contributed by atoms with E-state index in [1.807, 2.05) is 0 Å². The molecule has 1 saturated heterocycles. The molecule has 3 aromatic rings. The fourth-order valence-electron chi connectivity index (χ4n) is 2.73. The van der Waals surface area contributed by atoms with E-state index in [0.717, 1.165) is 0 Å². The van der Waals surface area contributed by atoms with Gasteiger partial charge in [-0.05, 0) is 12.1 Å². The minimum absolute atomic E-state index is 0.120. The highest BCUT2D eigenvalue weighted by Crippen LogP contribution is 2.31. The van der Waals surface area contributed by atoms with Gasteiger partial charge in [0.15, 0.2) is 29.0 Å². The Hall–Kier alpha value is -2.73. The van der Waals surface area contributed by atoms with E-state index in [-0.39, 0.29) is 17.0 Å². The Bertz CT molecular complexity index is 903. The Kier molecular flexibility index (Phi) is 3.77. The number of hydrogen-bond donors (Lipinski definition) is 4. The first-order chi connectivity index (χ1) is 12.1. The largest absolute Gasteiger partial charge is 0.394 e. The molecule has 1 aliphatic rings. The highest BCUT2D eigenvalue weighted by molar-refractivity contribution is 5.83. The topological polar surface area (TPSA) is 165 Å². The first-order valence-corrected chi connectivity index (χ1v) is 7.51. The molecular weight excluding hydrogens is 330 g/mol. The zero-order chi connectivity index (χ0) is 17.6. The van der Waals surface area contributed by atoms with Crippen LogP contribution >= 0.6 is 0 Å². The highest BCUT2D eigenvalue weighted by atomic mass is 16.6. The maximum absolute atomic E-state index is 10.2. The van der Waals surface area contributed by atoms with Crippen molar-refractivity contribution in [3.05, 3.63) is 24.5 Å². The number of ether oxygens (including phenoxy) is 1. The Labute approximate surface area is 140 Å². The van der Waals surface area contributed by atoms with Gasteiger partial charge >= 0.3 is 0 Å². The SMILES string of the molecule is Nc1nc(-c2ccncc2)nc2c1nnn2[C@@H]1O[C@H](CO)[C@@H](O)[C@H]1O. The summed E-state index contributed by atoms with van der Waals surface area (Å²) in [4.78, 5) is 12.6. The van der Waals surface area contributed by atoms with Crippen LogP contribution in [0.4, 0.5) is 5.82 Å². The van der Waals surface area contributed by atoms with Gasteiger partial charge in [-0.15, -0.1) is 5.10 Å². The van der Waals surface area contributed by atoms with Gasteiger partial charge in [0.25, 0.3) is 0 Å². The first-order valence-electron chi connectivity index (χ1n) is 7.51. The zero-order valence-electron chi connectivity index (χ0n) is 12.8. The van der Waals surface area contributed by atoms with Gasteiger partial charge in [0.1, 0.15) is 18.3 Å². The van der Waals surface area contributed by atoms with Crippen molar-refractivity contribution in [2.24, 2.45) is 0 Å². The van der Waals surface area contributed by atoms with Crippen LogP contribution in [0.25, 0.3) is 22.6 Å². The van der Waals surface area contributed by atoms with Gasteiger partial charge < -0.3 is 25.8 Å². The third kappa shape index (κ3) is 2.49. The Morgan fingerprint density at radius 3 is 2.60 bits per heavy atom. The van der Waals surface area contributed by atoms with Gasteiger partial charge in [0.2, 0.25) is 0 Å². The van der Waals surface area contributed by atoms with Crippen molar-refractivity contribution in [1.82, 2.24) is 29.9 Å². The molecule has 0 unspecified atom stereocenters. The number of pyridine rings is 1. The lowest BCUT2D eigenvalue weighted by molar-refractivity contribution is -0.0574. The van der Waals surface area contributed by atoms with E-state index in [0.29, 0.717) is 11.4 Å². The molecule has 4 heterocycles. The fraction of sp³-hybridized carbons (Fsp3) is 0.357. The van der Waals surface area contributed by atoms with Crippen molar-refractivity contribution in [1.29, 1.82) is 0 Å². The fourth-order valence-corrected chi connectivity index (χ4v) is 2.73. The van der Waals surface area contributed by atoms with E-state index in [1.54, 1.807) is 24.5 Å². The Morgan fingerprint density at radius 1 is 1.16 bits per heavy atom. The quantitative estimate of drug-likeness (QED) is 0.438. The average Bonchev–Trinajstić information content (AvgIpc) is 3.18. The predicted octanol–water partition coefficient (Wildman–Crippen LogP) is -1.52. The monoisotopic (exact) mass is 345 g/mol. The van der Waals surface area contributed by atoms with Crippen LogP contribution in [0.15, 0.2) is 24.5 Å². The first kappa shape index (κ1) is 15.8. The third-order valence-electron chi connectivity index (χ3n) is 4.05. The summed E-state index contributed by atoms with van der Waals surface area (Å²) in [5.74, 6) is 0.456. The molecule has 5 N–H and O–H groups in total. The minimum Gasteiger partial charge on any atom is -0.394 e. The molecule has 11 nitrogen and oxygen atoms in total. The van der Waals surface area contributed by atoms with Gasteiger partial charge in [-0.25, -0.2) is 9.97 Å². The van der Waals surface area contributed by atoms with Crippen LogP contribution in [0.2, 0.25) is 0 Å². The molecular formula is C14H15N7O4. The van der Waals surface area contributed by atoms with E-state index in [2.05, 4.69) is 25.3 Å². The van der Waals surface area contributed by atoms with Gasteiger partial charge in [-0.1, -0.05) is 5.21 Å². The minimum atomic E-state index is -1.30. The molecule has 0 aliphatic carbocycles. The van der Waals surface area contributed by atoms with Crippen LogP contribution in [0.3, 0.4) is 0 Å². The number of rotatable bonds is 3. The molecule has 130 valence electrons. The second-order valence-corrected chi connectivity index (χ2v) is 5.60.